The predicted octanol–water partition coefficient (Wildman–Crippen LogP) is 2.94. The van der Waals surface area contributed by atoms with Gasteiger partial charge in [0.1, 0.15) is 6.61 Å². The molecule has 1 fully saturated rings. The van der Waals surface area contributed by atoms with Crippen LogP contribution in [-0.4, -0.2) is 47.2 Å². The largest absolute Gasteiger partial charge is 0.481 e. The van der Waals surface area contributed by atoms with Crippen molar-refractivity contribution < 1.29 is 24.2 Å². The monoisotopic (exact) mass is 376 g/mol. The highest BCUT2D eigenvalue weighted by Crippen LogP contribution is 2.20. The van der Waals surface area contributed by atoms with Crippen molar-refractivity contribution in [3.05, 3.63) is 35.9 Å². The summed E-state index contributed by atoms with van der Waals surface area (Å²) in [5.74, 6) is -0.675. The van der Waals surface area contributed by atoms with E-state index in [1.165, 1.54) is 0 Å². The molecule has 0 spiro atoms. The number of carboxylic acid groups (broad SMARTS) is 1. The quantitative estimate of drug-likeness (QED) is 0.579. The van der Waals surface area contributed by atoms with E-state index in [1.807, 2.05) is 30.3 Å². The molecule has 1 saturated heterocycles. The normalized spacial score (nSPS) is 16.4. The molecule has 7 heteroatoms. The molecule has 1 unspecified atom stereocenters. The number of carboxylic acids is 1. The molecule has 2 rings (SSSR count). The van der Waals surface area contributed by atoms with Gasteiger partial charge in [-0.1, -0.05) is 43.2 Å². The molecule has 2 amide bonds. The molecular formula is C20H28N2O5. The number of hydrogen-bond donors (Lipinski definition) is 2. The smallest absolute Gasteiger partial charge is 0.407 e. The van der Waals surface area contributed by atoms with Crippen molar-refractivity contribution >= 4 is 18.0 Å². The average Bonchev–Trinajstić information content (AvgIpc) is 3.01. The van der Waals surface area contributed by atoms with E-state index in [0.29, 0.717) is 32.4 Å². The summed E-state index contributed by atoms with van der Waals surface area (Å²) >= 11 is 0. The van der Waals surface area contributed by atoms with E-state index in [-0.39, 0.29) is 25.0 Å². The van der Waals surface area contributed by atoms with Crippen molar-refractivity contribution in [2.45, 2.75) is 57.5 Å². The van der Waals surface area contributed by atoms with Gasteiger partial charge < -0.3 is 20.1 Å². The molecule has 1 atom stereocenters. The molecule has 0 aliphatic carbocycles. The van der Waals surface area contributed by atoms with Crippen molar-refractivity contribution in [3.63, 3.8) is 0 Å². The highest BCUT2D eigenvalue weighted by Gasteiger charge is 2.31. The Hall–Kier alpha value is -2.57. The molecule has 1 heterocycles. The Kier molecular flexibility index (Phi) is 8.61. The van der Waals surface area contributed by atoms with E-state index >= 15 is 0 Å². The summed E-state index contributed by atoms with van der Waals surface area (Å²) in [5.41, 5.74) is 0.995. The Balaban J connectivity index is 1.64. The zero-order chi connectivity index (χ0) is 19.5. The molecule has 1 aliphatic rings. The van der Waals surface area contributed by atoms with Gasteiger partial charge in [0, 0.05) is 25.9 Å². The van der Waals surface area contributed by atoms with Crippen LogP contribution in [0.3, 0.4) is 0 Å². The standard InChI is InChI=1S/C20H28N2O5/c23-18-12-11-17(22(18)13-7-2-1-6-10-19(24)25)15-27-20(26)21-14-16-8-4-3-5-9-16/h3-5,8-9,17H,1-2,6-7,10-15H2,(H,21,26)(H,24,25). The number of amides is 2. The summed E-state index contributed by atoms with van der Waals surface area (Å²) in [7, 11) is 0. The lowest BCUT2D eigenvalue weighted by Crippen LogP contribution is -2.38. The van der Waals surface area contributed by atoms with Gasteiger partial charge in [-0.25, -0.2) is 4.79 Å². The summed E-state index contributed by atoms with van der Waals surface area (Å²) in [5, 5.41) is 11.3. The van der Waals surface area contributed by atoms with Gasteiger partial charge in [-0.2, -0.15) is 0 Å². The van der Waals surface area contributed by atoms with Gasteiger partial charge in [0.25, 0.3) is 0 Å². The summed E-state index contributed by atoms with van der Waals surface area (Å²) in [6.07, 6.45) is 4.13. The van der Waals surface area contributed by atoms with Gasteiger partial charge in [0.05, 0.1) is 6.04 Å². The van der Waals surface area contributed by atoms with Crippen LogP contribution in [0.2, 0.25) is 0 Å². The summed E-state index contributed by atoms with van der Waals surface area (Å²) in [4.78, 5) is 36.2. The van der Waals surface area contributed by atoms with Gasteiger partial charge in [-0.15, -0.1) is 0 Å². The number of hydrogen-bond acceptors (Lipinski definition) is 4. The minimum atomic E-state index is -0.771. The maximum atomic E-state index is 12.0. The second-order valence-electron chi connectivity index (χ2n) is 6.78. The first-order valence-corrected chi connectivity index (χ1v) is 9.52. The number of aliphatic carboxylic acids is 1. The fourth-order valence-electron chi connectivity index (χ4n) is 3.18. The first-order valence-electron chi connectivity index (χ1n) is 9.52. The van der Waals surface area contributed by atoms with Gasteiger partial charge in [-0.3, -0.25) is 9.59 Å². The number of nitrogens with zero attached hydrogens (tertiary/aromatic N) is 1. The van der Waals surface area contributed by atoms with Crippen LogP contribution in [0.15, 0.2) is 30.3 Å². The van der Waals surface area contributed by atoms with E-state index < -0.39 is 12.1 Å². The second kappa shape index (κ2) is 11.2. The van der Waals surface area contributed by atoms with E-state index in [1.54, 1.807) is 4.90 Å². The van der Waals surface area contributed by atoms with Crippen molar-refractivity contribution in [1.82, 2.24) is 10.2 Å². The lowest BCUT2D eigenvalue weighted by molar-refractivity contribution is -0.137. The van der Waals surface area contributed by atoms with E-state index in [2.05, 4.69) is 5.32 Å². The summed E-state index contributed by atoms with van der Waals surface area (Å²) < 4.78 is 5.29. The summed E-state index contributed by atoms with van der Waals surface area (Å²) in [6, 6.07) is 9.51. The van der Waals surface area contributed by atoms with Crippen LogP contribution in [0, 0.1) is 0 Å². The van der Waals surface area contributed by atoms with Gasteiger partial charge in [0.15, 0.2) is 0 Å². The number of alkyl carbamates (subject to hydrolysis) is 1. The fraction of sp³-hybridized carbons (Fsp3) is 0.550. The topological polar surface area (TPSA) is 95.9 Å². The third-order valence-corrected chi connectivity index (χ3v) is 4.68. The maximum Gasteiger partial charge on any atom is 0.407 e. The first-order chi connectivity index (χ1) is 13.1. The third kappa shape index (κ3) is 7.68. The number of carbonyl (C=O) groups is 3. The van der Waals surface area contributed by atoms with Crippen LogP contribution >= 0.6 is 0 Å². The van der Waals surface area contributed by atoms with Gasteiger partial charge in [-0.05, 0) is 24.8 Å². The number of carbonyl (C=O) groups excluding carboxylic acids is 2. The van der Waals surface area contributed by atoms with Crippen LogP contribution < -0.4 is 5.32 Å². The molecule has 1 aliphatic heterocycles. The molecule has 148 valence electrons. The Labute approximate surface area is 159 Å². The lowest BCUT2D eigenvalue weighted by Gasteiger charge is -2.24. The maximum absolute atomic E-state index is 12.0. The van der Waals surface area contributed by atoms with E-state index in [4.69, 9.17) is 9.84 Å². The fourth-order valence-corrected chi connectivity index (χ4v) is 3.18. The van der Waals surface area contributed by atoms with E-state index in [0.717, 1.165) is 24.8 Å². The number of benzene rings is 1. The summed E-state index contributed by atoms with van der Waals surface area (Å²) in [6.45, 7) is 1.24. The SMILES string of the molecule is O=C(O)CCCCCCN1C(=O)CCC1COC(=O)NCc1ccccc1. The Morgan fingerprint density at radius 1 is 1.15 bits per heavy atom. The zero-order valence-electron chi connectivity index (χ0n) is 15.6. The van der Waals surface area contributed by atoms with Crippen LogP contribution in [0.25, 0.3) is 0 Å². The highest BCUT2D eigenvalue weighted by atomic mass is 16.5. The van der Waals surface area contributed by atoms with Crippen molar-refractivity contribution in [3.8, 4) is 0 Å². The number of ether oxygens (including phenoxy) is 1. The Bertz CT molecular complexity index is 620. The first kappa shape index (κ1) is 20.7. The third-order valence-electron chi connectivity index (χ3n) is 4.68. The van der Waals surface area contributed by atoms with Crippen molar-refractivity contribution in [2.75, 3.05) is 13.2 Å². The predicted molar refractivity (Wildman–Crippen MR) is 100 cm³/mol. The number of rotatable bonds is 11. The minimum absolute atomic E-state index is 0.0704. The molecule has 0 saturated carbocycles. The molecule has 1 aromatic rings. The Morgan fingerprint density at radius 2 is 1.89 bits per heavy atom. The Morgan fingerprint density at radius 3 is 2.63 bits per heavy atom. The zero-order valence-corrected chi connectivity index (χ0v) is 15.6. The van der Waals surface area contributed by atoms with E-state index in [9.17, 15) is 14.4 Å². The van der Waals surface area contributed by atoms with Gasteiger partial charge in [0.2, 0.25) is 5.91 Å². The molecule has 1 aromatic carbocycles. The van der Waals surface area contributed by atoms with Crippen LogP contribution in [0.1, 0.15) is 50.5 Å². The van der Waals surface area contributed by atoms with Crippen LogP contribution in [0.5, 0.6) is 0 Å². The minimum Gasteiger partial charge on any atom is -0.481 e. The number of likely N-dealkylation sites (tertiary alicyclic amines) is 1. The molecular weight excluding hydrogens is 348 g/mol. The van der Waals surface area contributed by atoms with Crippen LogP contribution in [-0.2, 0) is 20.9 Å². The number of nitrogens with one attached hydrogen (secondary N) is 1. The van der Waals surface area contributed by atoms with Gasteiger partial charge >= 0.3 is 12.1 Å². The molecule has 0 radical (unpaired) electrons. The molecule has 0 bridgehead atoms. The highest BCUT2D eigenvalue weighted by molar-refractivity contribution is 5.78. The number of unbranched alkanes of at least 4 members (excludes halogenated alkanes) is 3. The van der Waals surface area contributed by atoms with Crippen LogP contribution in [0.4, 0.5) is 4.79 Å². The second-order valence-corrected chi connectivity index (χ2v) is 6.78. The molecule has 27 heavy (non-hydrogen) atoms. The molecule has 2 N–H and O–H groups in total. The molecule has 0 aromatic heterocycles. The average molecular weight is 376 g/mol. The molecule has 7 nitrogen and oxygen atoms in total. The lowest BCUT2D eigenvalue weighted by atomic mass is 10.1. The van der Waals surface area contributed by atoms with Crippen molar-refractivity contribution in [1.29, 1.82) is 0 Å². The van der Waals surface area contributed by atoms with Crippen molar-refractivity contribution in [2.24, 2.45) is 0 Å².